The van der Waals surface area contributed by atoms with Gasteiger partial charge in [-0.25, -0.2) is 5.84 Å². The molecule has 1 fully saturated rings. The van der Waals surface area contributed by atoms with Crippen molar-refractivity contribution in [1.29, 1.82) is 0 Å². The molecule has 1 rings (SSSR count). The second-order valence-corrected chi connectivity index (χ2v) is 2.09. The highest BCUT2D eigenvalue weighted by Crippen LogP contribution is 2.08. The number of hydrogen-bond donors (Lipinski definition) is 1. The van der Waals surface area contributed by atoms with Crippen molar-refractivity contribution in [1.82, 2.24) is 5.01 Å². The first-order chi connectivity index (χ1) is 4.61. The molecule has 5 heteroatoms. The summed E-state index contributed by atoms with van der Waals surface area (Å²) in [5.74, 6) is 4.29. The normalized spacial score (nSPS) is 24.0. The molecule has 0 aromatic heterocycles. The van der Waals surface area contributed by atoms with Crippen LogP contribution in [0.3, 0.4) is 0 Å². The Kier molecular flexibility index (Phi) is 1.58. The highest BCUT2D eigenvalue weighted by molar-refractivity contribution is 5.88. The van der Waals surface area contributed by atoms with Gasteiger partial charge in [-0.1, -0.05) is 0 Å². The van der Waals surface area contributed by atoms with Gasteiger partial charge in [0, 0.05) is 6.92 Å². The predicted molar refractivity (Wildman–Crippen MR) is 31.5 cm³/mol. The Morgan fingerprint density at radius 3 is 2.80 bits per heavy atom. The molecule has 0 saturated carbocycles. The number of nitrogens with two attached hydrogens (primary N) is 1. The van der Waals surface area contributed by atoms with Crippen LogP contribution < -0.4 is 5.84 Å². The maximum absolute atomic E-state index is 10.6. The van der Waals surface area contributed by atoms with Gasteiger partial charge in [0.05, 0.1) is 6.54 Å². The third kappa shape index (κ3) is 1.08. The molecule has 2 N–H and O–H groups in total. The van der Waals surface area contributed by atoms with Crippen LogP contribution in [0, 0.1) is 0 Å². The van der Waals surface area contributed by atoms with Gasteiger partial charge in [-0.3, -0.25) is 14.6 Å². The number of carbonyl (C=O) groups is 2. The molecule has 10 heavy (non-hydrogen) atoms. The molecule has 0 aromatic rings. The number of esters is 1. The molecule has 0 bridgehead atoms. The van der Waals surface area contributed by atoms with Crippen LogP contribution in [0.25, 0.3) is 0 Å². The van der Waals surface area contributed by atoms with Crippen LogP contribution in [0.2, 0.25) is 0 Å². The molecule has 0 spiro atoms. The smallest absolute Gasteiger partial charge is 0.303 e. The predicted octanol–water partition coefficient (Wildman–Crippen LogP) is -1.37. The maximum atomic E-state index is 10.6. The fourth-order valence-electron chi connectivity index (χ4n) is 0.707. The molecule has 0 radical (unpaired) electrons. The zero-order valence-corrected chi connectivity index (χ0v) is 5.53. The van der Waals surface area contributed by atoms with E-state index in [0.717, 1.165) is 5.01 Å². The van der Waals surface area contributed by atoms with Crippen LogP contribution in [0.1, 0.15) is 6.92 Å². The number of amides is 1. The van der Waals surface area contributed by atoms with Gasteiger partial charge in [0.1, 0.15) is 0 Å². The standard InChI is InChI=1S/C5H8N2O3/c1-3(8)10-4-2-7(6)5(4)9/h4H,2,6H2,1H3/t4-/m1/s1. The molecule has 0 unspecified atom stereocenters. The molecule has 1 saturated heterocycles. The van der Waals surface area contributed by atoms with E-state index in [2.05, 4.69) is 4.74 Å². The quantitative estimate of drug-likeness (QED) is 0.213. The third-order valence-corrected chi connectivity index (χ3v) is 1.23. The number of nitrogens with zero attached hydrogens (tertiary/aromatic N) is 1. The number of hydrogen-bond acceptors (Lipinski definition) is 4. The highest BCUT2D eigenvalue weighted by Gasteiger charge is 2.37. The summed E-state index contributed by atoms with van der Waals surface area (Å²) in [5.41, 5.74) is 0. The molecule has 1 aliphatic rings. The van der Waals surface area contributed by atoms with Crippen molar-refractivity contribution in [3.63, 3.8) is 0 Å². The van der Waals surface area contributed by atoms with Crippen molar-refractivity contribution >= 4 is 11.9 Å². The average molecular weight is 144 g/mol. The van der Waals surface area contributed by atoms with Gasteiger partial charge in [-0.05, 0) is 0 Å². The lowest BCUT2D eigenvalue weighted by Crippen LogP contribution is -2.61. The van der Waals surface area contributed by atoms with E-state index in [-0.39, 0.29) is 5.91 Å². The summed E-state index contributed by atoms with van der Waals surface area (Å²) >= 11 is 0. The van der Waals surface area contributed by atoms with Crippen LogP contribution in [0.15, 0.2) is 0 Å². The third-order valence-electron chi connectivity index (χ3n) is 1.23. The van der Waals surface area contributed by atoms with Crippen molar-refractivity contribution in [3.8, 4) is 0 Å². The minimum Gasteiger partial charge on any atom is -0.450 e. The number of hydrazine groups is 1. The summed E-state index contributed by atoms with van der Waals surface area (Å²) in [5, 5.41) is 1.01. The van der Waals surface area contributed by atoms with E-state index in [9.17, 15) is 9.59 Å². The Balaban J connectivity index is 2.34. The van der Waals surface area contributed by atoms with Gasteiger partial charge in [-0.15, -0.1) is 0 Å². The van der Waals surface area contributed by atoms with Crippen LogP contribution in [-0.2, 0) is 14.3 Å². The zero-order chi connectivity index (χ0) is 7.72. The van der Waals surface area contributed by atoms with Crippen molar-refractivity contribution in [2.45, 2.75) is 13.0 Å². The van der Waals surface area contributed by atoms with E-state index >= 15 is 0 Å². The Hall–Kier alpha value is -1.10. The second-order valence-electron chi connectivity index (χ2n) is 2.09. The molecule has 1 amide bonds. The van der Waals surface area contributed by atoms with Gasteiger partial charge >= 0.3 is 5.97 Å². The van der Waals surface area contributed by atoms with Gasteiger partial charge in [0.25, 0.3) is 5.91 Å². The van der Waals surface area contributed by atoms with Crippen LogP contribution in [-0.4, -0.2) is 29.5 Å². The van der Waals surface area contributed by atoms with Crippen molar-refractivity contribution in [2.75, 3.05) is 6.54 Å². The van der Waals surface area contributed by atoms with Gasteiger partial charge in [-0.2, -0.15) is 0 Å². The minimum absolute atomic E-state index is 0.304. The Labute approximate surface area is 57.7 Å². The van der Waals surface area contributed by atoms with Crippen LogP contribution in [0.4, 0.5) is 0 Å². The molecule has 0 aromatic carbocycles. The summed E-state index contributed by atoms with van der Waals surface area (Å²) in [6, 6.07) is 0. The van der Waals surface area contributed by atoms with Crippen molar-refractivity contribution in [2.24, 2.45) is 5.84 Å². The van der Waals surface area contributed by atoms with E-state index in [1.54, 1.807) is 0 Å². The highest BCUT2D eigenvalue weighted by atomic mass is 16.6. The Morgan fingerprint density at radius 1 is 1.90 bits per heavy atom. The zero-order valence-electron chi connectivity index (χ0n) is 5.53. The maximum Gasteiger partial charge on any atom is 0.303 e. The molecule has 5 nitrogen and oxygen atoms in total. The summed E-state index contributed by atoms with van der Waals surface area (Å²) in [7, 11) is 0. The first-order valence-electron chi connectivity index (χ1n) is 2.84. The molecule has 1 heterocycles. The summed E-state index contributed by atoms with van der Waals surface area (Å²) in [6.07, 6.45) is -0.637. The fourth-order valence-corrected chi connectivity index (χ4v) is 0.707. The molecule has 56 valence electrons. The molecule has 0 aliphatic carbocycles. The Morgan fingerprint density at radius 2 is 2.50 bits per heavy atom. The summed E-state index contributed by atoms with van der Waals surface area (Å²) in [6.45, 7) is 1.56. The van der Waals surface area contributed by atoms with Crippen molar-refractivity contribution in [3.05, 3.63) is 0 Å². The number of ether oxygens (including phenoxy) is 1. The SMILES string of the molecule is CC(=O)O[C@@H]1CN(N)C1=O. The molecule has 1 aliphatic heterocycles. The molecule has 1 atom stereocenters. The summed E-state index contributed by atoms with van der Waals surface area (Å²) in [4.78, 5) is 20.9. The molecular formula is C5H8N2O3. The number of rotatable bonds is 1. The van der Waals surface area contributed by atoms with Crippen LogP contribution in [0.5, 0.6) is 0 Å². The number of carbonyl (C=O) groups excluding carboxylic acids is 2. The second kappa shape index (κ2) is 2.26. The van der Waals surface area contributed by atoms with Crippen molar-refractivity contribution < 1.29 is 14.3 Å². The van der Waals surface area contributed by atoms with Gasteiger partial charge < -0.3 is 4.74 Å². The largest absolute Gasteiger partial charge is 0.450 e. The van der Waals surface area contributed by atoms with Gasteiger partial charge in [0.2, 0.25) is 6.10 Å². The van der Waals surface area contributed by atoms with E-state index in [1.165, 1.54) is 6.92 Å². The topological polar surface area (TPSA) is 72.6 Å². The van der Waals surface area contributed by atoms with E-state index < -0.39 is 12.1 Å². The number of β-lactam (4-membered cyclic amide) rings is 1. The monoisotopic (exact) mass is 144 g/mol. The lowest BCUT2D eigenvalue weighted by molar-refractivity contribution is -0.172. The van der Waals surface area contributed by atoms with Gasteiger partial charge in [0.15, 0.2) is 0 Å². The first-order valence-corrected chi connectivity index (χ1v) is 2.84. The Bertz CT molecular complexity index is 180. The minimum atomic E-state index is -0.637. The van der Waals surface area contributed by atoms with E-state index in [0.29, 0.717) is 6.54 Å². The lowest BCUT2D eigenvalue weighted by Gasteiger charge is -2.32. The lowest BCUT2D eigenvalue weighted by atomic mass is 10.2. The average Bonchev–Trinajstić information content (AvgIpc) is 1.86. The molecular weight excluding hydrogens is 136 g/mol. The summed E-state index contributed by atoms with van der Waals surface area (Å²) < 4.78 is 4.56. The first kappa shape index (κ1) is 7.01. The van der Waals surface area contributed by atoms with Crippen LogP contribution >= 0.6 is 0 Å². The fraction of sp³-hybridized carbons (Fsp3) is 0.600. The van der Waals surface area contributed by atoms with E-state index in [1.807, 2.05) is 0 Å². The van der Waals surface area contributed by atoms with E-state index in [4.69, 9.17) is 5.84 Å².